The number of methoxy groups -OCH3 is 1. The van der Waals surface area contributed by atoms with Crippen LogP contribution in [0.4, 0.5) is 0 Å². The summed E-state index contributed by atoms with van der Waals surface area (Å²) in [5.74, 6) is 0.668. The summed E-state index contributed by atoms with van der Waals surface area (Å²) < 4.78 is 7.27. The molecule has 3 rings (SSSR count). The van der Waals surface area contributed by atoms with Crippen molar-refractivity contribution in [2.24, 2.45) is 0 Å². The average Bonchev–Trinajstić information content (AvgIpc) is 2.96. The van der Waals surface area contributed by atoms with E-state index in [2.05, 4.69) is 35.6 Å². The highest BCUT2D eigenvalue weighted by Crippen LogP contribution is 2.19. The van der Waals surface area contributed by atoms with Crippen molar-refractivity contribution in [3.8, 4) is 5.75 Å². The van der Waals surface area contributed by atoms with Crippen molar-refractivity contribution in [2.45, 2.75) is 26.9 Å². The van der Waals surface area contributed by atoms with E-state index >= 15 is 0 Å². The Balaban J connectivity index is 1.64. The number of carbonyl (C=O) groups excluding carboxylic acids is 1. The van der Waals surface area contributed by atoms with Gasteiger partial charge in [-0.25, -0.2) is 0 Å². The number of rotatable bonds is 6. The molecule has 0 bridgehead atoms. The smallest absolute Gasteiger partial charge is 0.248 e. The number of aryl methyl sites for hydroxylation is 1. The number of carbonyl (C=O) groups is 1. The number of aliphatic hydroxyl groups is 1. The summed E-state index contributed by atoms with van der Waals surface area (Å²) in [7, 11) is 1.67. The molecule has 0 saturated carbocycles. The SMILES string of the molecule is COc1ccc(Cn2nc(C)c(CN3CCN(C(=O)CO)CC3)c2C)cc1. The molecule has 1 amide bonds. The Morgan fingerprint density at radius 3 is 2.37 bits per heavy atom. The van der Waals surface area contributed by atoms with Crippen molar-refractivity contribution in [2.75, 3.05) is 39.9 Å². The van der Waals surface area contributed by atoms with Crippen molar-refractivity contribution in [3.63, 3.8) is 0 Å². The van der Waals surface area contributed by atoms with Crippen LogP contribution in [0.15, 0.2) is 24.3 Å². The van der Waals surface area contributed by atoms with Gasteiger partial charge in [-0.3, -0.25) is 14.4 Å². The maximum absolute atomic E-state index is 11.6. The normalized spacial score (nSPS) is 15.2. The molecule has 2 heterocycles. The molecule has 0 atom stereocenters. The molecule has 146 valence electrons. The first kappa shape index (κ1) is 19.4. The van der Waals surface area contributed by atoms with Gasteiger partial charge < -0.3 is 14.7 Å². The summed E-state index contributed by atoms with van der Waals surface area (Å²) in [4.78, 5) is 15.7. The molecule has 2 aromatic rings. The molecular formula is C20H28N4O3. The zero-order valence-electron chi connectivity index (χ0n) is 16.3. The highest BCUT2D eigenvalue weighted by molar-refractivity contribution is 5.77. The Morgan fingerprint density at radius 2 is 1.78 bits per heavy atom. The third kappa shape index (κ3) is 4.48. The first-order valence-electron chi connectivity index (χ1n) is 9.28. The van der Waals surface area contributed by atoms with Crippen LogP contribution in [0.3, 0.4) is 0 Å². The maximum Gasteiger partial charge on any atom is 0.248 e. The van der Waals surface area contributed by atoms with Crippen molar-refractivity contribution >= 4 is 5.91 Å². The van der Waals surface area contributed by atoms with Gasteiger partial charge >= 0.3 is 0 Å². The number of aliphatic hydroxyl groups excluding tert-OH is 1. The van der Waals surface area contributed by atoms with Gasteiger partial charge in [0, 0.05) is 44.0 Å². The van der Waals surface area contributed by atoms with E-state index in [0.29, 0.717) is 13.1 Å². The summed E-state index contributed by atoms with van der Waals surface area (Å²) in [6.45, 7) is 8.29. The predicted octanol–water partition coefficient (Wildman–Crippen LogP) is 1.19. The third-order valence-corrected chi connectivity index (χ3v) is 5.26. The lowest BCUT2D eigenvalue weighted by Crippen LogP contribution is -2.49. The molecule has 1 aliphatic rings. The van der Waals surface area contributed by atoms with Gasteiger partial charge in [-0.2, -0.15) is 5.10 Å². The molecule has 7 nitrogen and oxygen atoms in total. The molecule has 0 aliphatic carbocycles. The van der Waals surface area contributed by atoms with Crippen molar-refractivity contribution in [1.29, 1.82) is 0 Å². The van der Waals surface area contributed by atoms with Gasteiger partial charge in [-0.1, -0.05) is 12.1 Å². The Morgan fingerprint density at radius 1 is 1.11 bits per heavy atom. The lowest BCUT2D eigenvalue weighted by atomic mass is 10.1. The monoisotopic (exact) mass is 372 g/mol. The minimum absolute atomic E-state index is 0.186. The molecule has 7 heteroatoms. The lowest BCUT2D eigenvalue weighted by Gasteiger charge is -2.34. The van der Waals surface area contributed by atoms with Crippen LogP contribution in [-0.2, 0) is 17.9 Å². The van der Waals surface area contributed by atoms with E-state index in [0.717, 1.165) is 37.6 Å². The fourth-order valence-corrected chi connectivity index (χ4v) is 3.50. The second-order valence-electron chi connectivity index (χ2n) is 6.97. The second-order valence-corrected chi connectivity index (χ2v) is 6.97. The summed E-state index contributed by atoms with van der Waals surface area (Å²) >= 11 is 0. The first-order valence-corrected chi connectivity index (χ1v) is 9.28. The Bertz CT molecular complexity index is 777. The minimum Gasteiger partial charge on any atom is -0.497 e. The molecule has 0 unspecified atom stereocenters. The third-order valence-electron chi connectivity index (χ3n) is 5.26. The number of hydrogen-bond acceptors (Lipinski definition) is 5. The molecular weight excluding hydrogens is 344 g/mol. The average molecular weight is 372 g/mol. The van der Waals surface area contributed by atoms with E-state index in [1.165, 1.54) is 16.8 Å². The lowest BCUT2D eigenvalue weighted by molar-refractivity contribution is -0.136. The fraction of sp³-hybridized carbons (Fsp3) is 0.500. The van der Waals surface area contributed by atoms with E-state index in [-0.39, 0.29) is 5.91 Å². The molecule has 0 radical (unpaired) electrons. The summed E-state index contributed by atoms with van der Waals surface area (Å²) in [6.07, 6.45) is 0. The van der Waals surface area contributed by atoms with Crippen LogP contribution in [-0.4, -0.2) is 70.5 Å². The number of amides is 1. The molecule has 27 heavy (non-hydrogen) atoms. The van der Waals surface area contributed by atoms with E-state index in [4.69, 9.17) is 14.9 Å². The van der Waals surface area contributed by atoms with Gasteiger partial charge in [-0.05, 0) is 31.5 Å². The minimum atomic E-state index is -0.406. The molecule has 1 saturated heterocycles. The van der Waals surface area contributed by atoms with Crippen LogP contribution >= 0.6 is 0 Å². The molecule has 1 aliphatic heterocycles. The van der Waals surface area contributed by atoms with Gasteiger partial charge in [0.25, 0.3) is 0 Å². The number of aromatic nitrogens is 2. The quantitative estimate of drug-likeness (QED) is 0.825. The topological polar surface area (TPSA) is 70.8 Å². The number of hydrogen-bond donors (Lipinski definition) is 1. The van der Waals surface area contributed by atoms with E-state index in [1.807, 2.05) is 12.1 Å². The number of nitrogens with zero attached hydrogens (tertiary/aromatic N) is 4. The second kappa shape index (κ2) is 8.54. The summed E-state index contributed by atoms with van der Waals surface area (Å²) in [5.41, 5.74) is 4.67. The van der Waals surface area contributed by atoms with E-state index in [1.54, 1.807) is 12.0 Å². The van der Waals surface area contributed by atoms with Crippen LogP contribution in [0.25, 0.3) is 0 Å². The van der Waals surface area contributed by atoms with Gasteiger partial charge in [0.2, 0.25) is 5.91 Å². The molecule has 1 aromatic carbocycles. The van der Waals surface area contributed by atoms with Gasteiger partial charge in [-0.15, -0.1) is 0 Å². The highest BCUT2D eigenvalue weighted by Gasteiger charge is 2.22. The van der Waals surface area contributed by atoms with E-state index in [9.17, 15) is 4.79 Å². The van der Waals surface area contributed by atoms with Gasteiger partial charge in [0.1, 0.15) is 12.4 Å². The van der Waals surface area contributed by atoms with Gasteiger partial charge in [0.15, 0.2) is 0 Å². The summed E-state index contributed by atoms with van der Waals surface area (Å²) in [6, 6.07) is 8.06. The van der Waals surface area contributed by atoms with Crippen LogP contribution in [0.5, 0.6) is 5.75 Å². The largest absolute Gasteiger partial charge is 0.497 e. The van der Waals surface area contributed by atoms with Crippen molar-refractivity contribution in [3.05, 3.63) is 46.8 Å². The van der Waals surface area contributed by atoms with Crippen LogP contribution in [0.1, 0.15) is 22.5 Å². The zero-order chi connectivity index (χ0) is 19.4. The maximum atomic E-state index is 11.6. The fourth-order valence-electron chi connectivity index (χ4n) is 3.50. The van der Waals surface area contributed by atoms with Crippen LogP contribution in [0, 0.1) is 13.8 Å². The van der Waals surface area contributed by atoms with Crippen molar-refractivity contribution < 1.29 is 14.6 Å². The number of ether oxygens (including phenoxy) is 1. The number of piperazine rings is 1. The highest BCUT2D eigenvalue weighted by atomic mass is 16.5. The van der Waals surface area contributed by atoms with Crippen LogP contribution < -0.4 is 4.74 Å². The van der Waals surface area contributed by atoms with Crippen molar-refractivity contribution in [1.82, 2.24) is 19.6 Å². The number of benzene rings is 1. The van der Waals surface area contributed by atoms with E-state index < -0.39 is 6.61 Å². The summed E-state index contributed by atoms with van der Waals surface area (Å²) in [5, 5.41) is 13.7. The molecule has 1 aromatic heterocycles. The molecule has 1 fully saturated rings. The molecule has 0 spiro atoms. The van der Waals surface area contributed by atoms with Crippen LogP contribution in [0.2, 0.25) is 0 Å². The predicted molar refractivity (Wildman–Crippen MR) is 103 cm³/mol. The van der Waals surface area contributed by atoms with Gasteiger partial charge in [0.05, 0.1) is 19.3 Å². The first-order chi connectivity index (χ1) is 13.0. The Labute approximate surface area is 160 Å². The zero-order valence-corrected chi connectivity index (χ0v) is 16.3. The Hall–Kier alpha value is -2.38. The molecule has 1 N–H and O–H groups in total. The Kier molecular flexibility index (Phi) is 6.13. The standard InChI is InChI=1S/C20H28N4O3/c1-15-19(13-22-8-10-23(11-9-22)20(26)14-25)16(2)24(21-15)12-17-4-6-18(27-3)7-5-17/h4-7,25H,8-14H2,1-3H3.